The van der Waals surface area contributed by atoms with Crippen LogP contribution in [0.1, 0.15) is 5.56 Å². The average molecular weight is 355 g/mol. The quantitative estimate of drug-likeness (QED) is 0.436. The Hall–Kier alpha value is -2.38. The minimum Gasteiger partial charge on any atom is -0.464 e. The van der Waals surface area contributed by atoms with Crippen LogP contribution >= 0.6 is 23.1 Å². The van der Waals surface area contributed by atoms with Crippen LogP contribution < -0.4 is 5.32 Å². The summed E-state index contributed by atoms with van der Waals surface area (Å²) in [6, 6.07) is 12.1. The van der Waals surface area contributed by atoms with Crippen LogP contribution in [0.25, 0.3) is 21.7 Å². The zero-order chi connectivity index (χ0) is 16.5. The lowest BCUT2D eigenvalue weighted by atomic mass is 10.0. The molecule has 1 amide bonds. The molecule has 0 radical (unpaired) electrons. The van der Waals surface area contributed by atoms with Crippen molar-refractivity contribution in [3.63, 3.8) is 0 Å². The Labute approximate surface area is 146 Å². The summed E-state index contributed by atoms with van der Waals surface area (Å²) >= 11 is 2.87. The normalized spacial score (nSPS) is 11.2. The van der Waals surface area contributed by atoms with E-state index in [2.05, 4.69) is 21.6 Å². The van der Waals surface area contributed by atoms with Crippen LogP contribution in [-0.4, -0.2) is 22.4 Å². The summed E-state index contributed by atoms with van der Waals surface area (Å²) < 4.78 is 6.45. The molecule has 0 unspecified atom stereocenters. The standard InChI is InChI=1S/C17H13N3O2S2/c1-23-17-20-19-16(24-17)18-14(21)8-11-9-22-13-7-6-10-4-2-3-5-12(10)15(11)13/h2-7,9H,8H2,1H3,(H,18,19,21). The van der Waals surface area contributed by atoms with Gasteiger partial charge in [0.15, 0.2) is 4.34 Å². The topological polar surface area (TPSA) is 68.0 Å². The number of thioether (sulfide) groups is 1. The molecule has 5 nitrogen and oxygen atoms in total. The van der Waals surface area contributed by atoms with E-state index in [4.69, 9.17) is 4.42 Å². The largest absolute Gasteiger partial charge is 0.464 e. The summed E-state index contributed by atoms with van der Waals surface area (Å²) in [6.07, 6.45) is 3.81. The number of benzene rings is 2. The van der Waals surface area contributed by atoms with Crippen molar-refractivity contribution in [2.24, 2.45) is 0 Å². The van der Waals surface area contributed by atoms with Crippen molar-refractivity contribution in [3.8, 4) is 0 Å². The number of nitrogens with one attached hydrogen (secondary N) is 1. The van der Waals surface area contributed by atoms with E-state index in [1.54, 1.807) is 6.26 Å². The van der Waals surface area contributed by atoms with Gasteiger partial charge in [0, 0.05) is 10.9 Å². The van der Waals surface area contributed by atoms with Crippen molar-refractivity contribution in [3.05, 3.63) is 48.2 Å². The fourth-order valence-corrected chi connectivity index (χ4v) is 3.87. The molecule has 0 spiro atoms. The lowest BCUT2D eigenvalue weighted by Crippen LogP contribution is -2.14. The van der Waals surface area contributed by atoms with Crippen molar-refractivity contribution in [2.45, 2.75) is 10.8 Å². The fraction of sp³-hybridized carbons (Fsp3) is 0.118. The van der Waals surface area contributed by atoms with Gasteiger partial charge in [-0.05, 0) is 23.1 Å². The molecule has 0 bridgehead atoms. The van der Waals surface area contributed by atoms with Crippen molar-refractivity contribution in [2.75, 3.05) is 11.6 Å². The molecule has 0 atom stereocenters. The van der Waals surface area contributed by atoms with E-state index >= 15 is 0 Å². The predicted octanol–water partition coefficient (Wildman–Crippen LogP) is 4.34. The van der Waals surface area contributed by atoms with Crippen LogP contribution in [0.4, 0.5) is 5.13 Å². The summed E-state index contributed by atoms with van der Waals surface area (Å²) in [7, 11) is 0. The Kier molecular flexibility index (Phi) is 3.95. The number of carbonyl (C=O) groups is 1. The second kappa shape index (κ2) is 6.26. The number of furan rings is 1. The van der Waals surface area contributed by atoms with Crippen LogP contribution in [0.5, 0.6) is 0 Å². The second-order valence-electron chi connectivity index (χ2n) is 5.22. The molecular weight excluding hydrogens is 342 g/mol. The molecule has 7 heteroatoms. The Balaban J connectivity index is 1.64. The number of aromatic nitrogens is 2. The molecule has 24 heavy (non-hydrogen) atoms. The summed E-state index contributed by atoms with van der Waals surface area (Å²) in [5, 5.41) is 14.5. The molecule has 4 aromatic rings. The van der Waals surface area contributed by atoms with E-state index in [-0.39, 0.29) is 12.3 Å². The van der Waals surface area contributed by atoms with Gasteiger partial charge in [-0.15, -0.1) is 10.2 Å². The number of amides is 1. The summed E-state index contributed by atoms with van der Waals surface area (Å²) in [5.74, 6) is -0.130. The molecule has 4 rings (SSSR count). The molecule has 2 heterocycles. The maximum absolute atomic E-state index is 12.3. The van der Waals surface area contributed by atoms with Gasteiger partial charge < -0.3 is 9.73 Å². The van der Waals surface area contributed by atoms with Gasteiger partial charge in [0.1, 0.15) is 5.58 Å². The van der Waals surface area contributed by atoms with Crippen LogP contribution in [0.3, 0.4) is 0 Å². The van der Waals surface area contributed by atoms with Crippen LogP contribution in [-0.2, 0) is 11.2 Å². The first-order chi connectivity index (χ1) is 11.7. The van der Waals surface area contributed by atoms with E-state index in [9.17, 15) is 4.79 Å². The zero-order valence-corrected chi connectivity index (χ0v) is 14.4. The number of hydrogen-bond donors (Lipinski definition) is 1. The Morgan fingerprint density at radius 1 is 1.25 bits per heavy atom. The molecule has 1 N–H and O–H groups in total. The highest BCUT2D eigenvalue weighted by Gasteiger charge is 2.14. The minimum atomic E-state index is -0.130. The number of hydrogen-bond acceptors (Lipinski definition) is 6. The van der Waals surface area contributed by atoms with Gasteiger partial charge in [0.25, 0.3) is 0 Å². The van der Waals surface area contributed by atoms with Crippen molar-refractivity contribution < 1.29 is 9.21 Å². The van der Waals surface area contributed by atoms with E-state index in [0.29, 0.717) is 5.13 Å². The first kappa shape index (κ1) is 15.2. The van der Waals surface area contributed by atoms with E-state index in [1.165, 1.54) is 23.1 Å². The van der Waals surface area contributed by atoms with Crippen molar-refractivity contribution in [1.82, 2.24) is 10.2 Å². The third-order valence-electron chi connectivity index (χ3n) is 3.72. The van der Waals surface area contributed by atoms with Gasteiger partial charge in [-0.25, -0.2) is 0 Å². The molecule has 0 aliphatic carbocycles. The predicted molar refractivity (Wildman–Crippen MR) is 97.7 cm³/mol. The SMILES string of the molecule is CSc1nnc(NC(=O)Cc2coc3ccc4ccccc4c23)s1. The lowest BCUT2D eigenvalue weighted by molar-refractivity contribution is -0.115. The van der Waals surface area contributed by atoms with Crippen molar-refractivity contribution >= 4 is 55.9 Å². The summed E-state index contributed by atoms with van der Waals surface area (Å²) in [6.45, 7) is 0. The highest BCUT2D eigenvalue weighted by atomic mass is 32.2. The van der Waals surface area contributed by atoms with Crippen LogP contribution in [0, 0.1) is 0 Å². The maximum Gasteiger partial charge on any atom is 0.230 e. The third kappa shape index (κ3) is 2.76. The lowest BCUT2D eigenvalue weighted by Gasteiger charge is -2.02. The number of carbonyl (C=O) groups excluding carboxylic acids is 1. The van der Waals surface area contributed by atoms with E-state index in [1.807, 2.05) is 36.6 Å². The molecule has 0 saturated heterocycles. The van der Waals surface area contributed by atoms with Gasteiger partial charge in [0.05, 0.1) is 12.7 Å². The maximum atomic E-state index is 12.3. The van der Waals surface area contributed by atoms with Gasteiger partial charge in [-0.3, -0.25) is 4.79 Å². The van der Waals surface area contributed by atoms with E-state index in [0.717, 1.165) is 31.6 Å². The Bertz CT molecular complexity index is 1040. The highest BCUT2D eigenvalue weighted by Crippen LogP contribution is 2.30. The summed E-state index contributed by atoms with van der Waals surface area (Å²) in [5.41, 5.74) is 1.66. The van der Waals surface area contributed by atoms with Crippen molar-refractivity contribution in [1.29, 1.82) is 0 Å². The summed E-state index contributed by atoms with van der Waals surface area (Å²) in [4.78, 5) is 12.3. The van der Waals surface area contributed by atoms with Crippen LogP contribution in [0.15, 0.2) is 51.4 Å². The fourth-order valence-electron chi connectivity index (χ4n) is 2.68. The molecule has 2 aromatic heterocycles. The highest BCUT2D eigenvalue weighted by molar-refractivity contribution is 8.00. The minimum absolute atomic E-state index is 0.130. The Morgan fingerprint density at radius 3 is 2.96 bits per heavy atom. The molecule has 120 valence electrons. The first-order valence-electron chi connectivity index (χ1n) is 7.30. The smallest absolute Gasteiger partial charge is 0.230 e. The van der Waals surface area contributed by atoms with Gasteiger partial charge in [-0.1, -0.05) is 53.4 Å². The number of rotatable bonds is 4. The molecule has 0 saturated carbocycles. The molecule has 0 aliphatic heterocycles. The van der Waals surface area contributed by atoms with Gasteiger partial charge >= 0.3 is 0 Å². The zero-order valence-electron chi connectivity index (χ0n) is 12.8. The monoisotopic (exact) mass is 355 g/mol. The number of nitrogens with zero attached hydrogens (tertiary/aromatic N) is 2. The van der Waals surface area contributed by atoms with Gasteiger partial charge in [0.2, 0.25) is 11.0 Å². The third-order valence-corrected chi connectivity index (χ3v) is 5.53. The molecule has 2 aromatic carbocycles. The molecule has 0 aliphatic rings. The van der Waals surface area contributed by atoms with E-state index < -0.39 is 0 Å². The number of anilines is 1. The molecule has 0 fully saturated rings. The Morgan fingerprint density at radius 2 is 2.12 bits per heavy atom. The van der Waals surface area contributed by atoms with Gasteiger partial charge in [-0.2, -0.15) is 0 Å². The first-order valence-corrected chi connectivity index (χ1v) is 9.34. The number of fused-ring (bicyclic) bond motifs is 3. The molecular formula is C17H13N3O2S2. The second-order valence-corrected chi connectivity index (χ2v) is 7.25. The van der Waals surface area contributed by atoms with Crippen LogP contribution in [0.2, 0.25) is 0 Å². The average Bonchev–Trinajstić information content (AvgIpc) is 3.22.